The number of nitrogens with two attached hydrogens (primary N) is 1. The molecular formula is C15H30N2O2. The molecule has 1 rings (SSSR count). The van der Waals surface area contributed by atoms with E-state index >= 15 is 0 Å². The summed E-state index contributed by atoms with van der Waals surface area (Å²) in [6.07, 6.45) is 7.16. The van der Waals surface area contributed by atoms with Gasteiger partial charge in [-0.1, -0.05) is 26.2 Å². The molecule has 0 aromatic rings. The third-order valence-electron chi connectivity index (χ3n) is 4.09. The SMILES string of the molecule is CC(N)CCCC(C)C(=O)N1CCCCCC1CO. The van der Waals surface area contributed by atoms with Crippen LogP contribution in [0.4, 0.5) is 0 Å². The number of aliphatic hydroxyl groups excluding tert-OH is 1. The summed E-state index contributed by atoms with van der Waals surface area (Å²) in [4.78, 5) is 14.4. The van der Waals surface area contributed by atoms with Crippen molar-refractivity contribution in [2.45, 2.75) is 70.9 Å². The summed E-state index contributed by atoms with van der Waals surface area (Å²) in [5.41, 5.74) is 5.73. The minimum atomic E-state index is 0.0332. The Balaban J connectivity index is 2.48. The van der Waals surface area contributed by atoms with Crippen molar-refractivity contribution in [3.05, 3.63) is 0 Å². The highest BCUT2D eigenvalue weighted by Crippen LogP contribution is 2.21. The molecule has 0 saturated carbocycles. The minimum Gasteiger partial charge on any atom is -0.394 e. The Morgan fingerprint density at radius 1 is 1.32 bits per heavy atom. The van der Waals surface area contributed by atoms with Gasteiger partial charge in [-0.25, -0.2) is 0 Å². The molecule has 1 saturated heterocycles. The second-order valence-electron chi connectivity index (χ2n) is 6.03. The van der Waals surface area contributed by atoms with Crippen LogP contribution in [-0.2, 0) is 4.79 Å². The zero-order valence-electron chi connectivity index (χ0n) is 12.5. The number of aliphatic hydroxyl groups is 1. The number of hydrogen-bond donors (Lipinski definition) is 2. The smallest absolute Gasteiger partial charge is 0.225 e. The highest BCUT2D eigenvalue weighted by atomic mass is 16.3. The summed E-state index contributed by atoms with van der Waals surface area (Å²) in [7, 11) is 0. The zero-order valence-corrected chi connectivity index (χ0v) is 12.5. The maximum Gasteiger partial charge on any atom is 0.225 e. The normalized spacial score (nSPS) is 23.8. The third kappa shape index (κ3) is 5.49. The predicted octanol–water partition coefficient (Wildman–Crippen LogP) is 1.90. The minimum absolute atomic E-state index is 0.0332. The Kier molecular flexibility index (Phi) is 7.39. The molecule has 1 heterocycles. The van der Waals surface area contributed by atoms with Crippen LogP contribution in [-0.4, -0.2) is 41.1 Å². The van der Waals surface area contributed by atoms with Gasteiger partial charge in [-0.15, -0.1) is 0 Å². The van der Waals surface area contributed by atoms with Gasteiger partial charge in [-0.2, -0.15) is 0 Å². The average Bonchev–Trinajstić information content (AvgIpc) is 2.62. The molecule has 4 nitrogen and oxygen atoms in total. The van der Waals surface area contributed by atoms with Crippen LogP contribution in [0.2, 0.25) is 0 Å². The first kappa shape index (κ1) is 16.4. The molecule has 1 aliphatic rings. The van der Waals surface area contributed by atoms with Crippen molar-refractivity contribution in [1.29, 1.82) is 0 Å². The number of nitrogens with zero attached hydrogens (tertiary/aromatic N) is 1. The Labute approximate surface area is 117 Å². The summed E-state index contributed by atoms with van der Waals surface area (Å²) in [5, 5.41) is 9.46. The second kappa shape index (κ2) is 8.54. The van der Waals surface area contributed by atoms with Crippen LogP contribution >= 0.6 is 0 Å². The highest BCUT2D eigenvalue weighted by Gasteiger charge is 2.27. The van der Waals surface area contributed by atoms with Crippen molar-refractivity contribution in [2.24, 2.45) is 11.7 Å². The van der Waals surface area contributed by atoms with Gasteiger partial charge < -0.3 is 15.7 Å². The van der Waals surface area contributed by atoms with E-state index in [1.54, 1.807) is 0 Å². The van der Waals surface area contributed by atoms with Gasteiger partial charge in [-0.05, 0) is 32.6 Å². The van der Waals surface area contributed by atoms with Gasteiger partial charge in [0.2, 0.25) is 5.91 Å². The van der Waals surface area contributed by atoms with Gasteiger partial charge in [-0.3, -0.25) is 4.79 Å². The van der Waals surface area contributed by atoms with E-state index in [9.17, 15) is 9.90 Å². The summed E-state index contributed by atoms with van der Waals surface area (Å²) >= 11 is 0. The molecule has 1 aliphatic heterocycles. The number of amides is 1. The summed E-state index contributed by atoms with van der Waals surface area (Å²) < 4.78 is 0. The lowest BCUT2D eigenvalue weighted by Gasteiger charge is -2.31. The van der Waals surface area contributed by atoms with Crippen LogP contribution in [0, 0.1) is 5.92 Å². The van der Waals surface area contributed by atoms with Crippen molar-refractivity contribution in [3.8, 4) is 0 Å². The molecule has 0 radical (unpaired) electrons. The molecule has 112 valence electrons. The molecule has 0 aromatic carbocycles. The van der Waals surface area contributed by atoms with E-state index in [0.29, 0.717) is 0 Å². The fourth-order valence-corrected chi connectivity index (χ4v) is 2.81. The first-order valence-electron chi connectivity index (χ1n) is 7.73. The standard InChI is InChI=1S/C15H30N2O2/c1-12(7-6-8-13(2)16)15(19)17-10-5-3-4-9-14(17)11-18/h12-14,18H,3-11,16H2,1-2H3. The van der Waals surface area contributed by atoms with E-state index in [4.69, 9.17) is 5.73 Å². The molecule has 1 fully saturated rings. The van der Waals surface area contributed by atoms with Crippen LogP contribution in [0.25, 0.3) is 0 Å². The fraction of sp³-hybridized carbons (Fsp3) is 0.933. The lowest BCUT2D eigenvalue weighted by atomic mass is 9.99. The number of likely N-dealkylation sites (tertiary alicyclic amines) is 1. The number of rotatable bonds is 6. The average molecular weight is 270 g/mol. The van der Waals surface area contributed by atoms with Crippen LogP contribution in [0.5, 0.6) is 0 Å². The van der Waals surface area contributed by atoms with Crippen molar-refractivity contribution < 1.29 is 9.90 Å². The van der Waals surface area contributed by atoms with Gasteiger partial charge in [0.05, 0.1) is 12.6 Å². The Morgan fingerprint density at radius 2 is 2.05 bits per heavy atom. The molecule has 0 bridgehead atoms. The maximum atomic E-state index is 12.5. The van der Waals surface area contributed by atoms with E-state index in [0.717, 1.165) is 45.1 Å². The monoisotopic (exact) mass is 270 g/mol. The van der Waals surface area contributed by atoms with Crippen molar-refractivity contribution in [3.63, 3.8) is 0 Å². The Hall–Kier alpha value is -0.610. The molecule has 3 N–H and O–H groups in total. The second-order valence-corrected chi connectivity index (χ2v) is 6.03. The Bertz CT molecular complexity index is 269. The molecule has 0 aromatic heterocycles. The van der Waals surface area contributed by atoms with E-state index in [2.05, 4.69) is 0 Å². The van der Waals surface area contributed by atoms with Gasteiger partial charge >= 0.3 is 0 Å². The molecule has 3 atom stereocenters. The van der Waals surface area contributed by atoms with Crippen molar-refractivity contribution in [2.75, 3.05) is 13.2 Å². The van der Waals surface area contributed by atoms with Crippen molar-refractivity contribution in [1.82, 2.24) is 4.90 Å². The number of carbonyl (C=O) groups excluding carboxylic acids is 1. The van der Waals surface area contributed by atoms with E-state index < -0.39 is 0 Å². The van der Waals surface area contributed by atoms with E-state index in [1.807, 2.05) is 18.7 Å². The van der Waals surface area contributed by atoms with Crippen LogP contribution in [0.1, 0.15) is 58.8 Å². The van der Waals surface area contributed by atoms with Gasteiger partial charge in [0.1, 0.15) is 0 Å². The predicted molar refractivity (Wildman–Crippen MR) is 77.7 cm³/mol. The Morgan fingerprint density at radius 3 is 2.68 bits per heavy atom. The van der Waals surface area contributed by atoms with E-state index in [-0.39, 0.29) is 30.5 Å². The van der Waals surface area contributed by atoms with Crippen LogP contribution in [0.3, 0.4) is 0 Å². The molecule has 0 aliphatic carbocycles. The first-order chi connectivity index (χ1) is 9.06. The quantitative estimate of drug-likeness (QED) is 0.774. The molecule has 1 amide bonds. The summed E-state index contributed by atoms with van der Waals surface area (Å²) in [5.74, 6) is 0.261. The zero-order chi connectivity index (χ0) is 14.3. The summed E-state index contributed by atoms with van der Waals surface area (Å²) in [6.45, 7) is 4.91. The lowest BCUT2D eigenvalue weighted by Crippen LogP contribution is -2.44. The summed E-state index contributed by atoms with van der Waals surface area (Å²) in [6, 6.07) is 0.247. The first-order valence-corrected chi connectivity index (χ1v) is 7.73. The lowest BCUT2D eigenvalue weighted by molar-refractivity contribution is -0.138. The topological polar surface area (TPSA) is 66.6 Å². The van der Waals surface area contributed by atoms with Gasteiger partial charge in [0.25, 0.3) is 0 Å². The molecule has 3 unspecified atom stereocenters. The molecular weight excluding hydrogens is 240 g/mol. The highest BCUT2D eigenvalue weighted by molar-refractivity contribution is 5.78. The molecule has 0 spiro atoms. The number of hydrogen-bond acceptors (Lipinski definition) is 3. The largest absolute Gasteiger partial charge is 0.394 e. The van der Waals surface area contributed by atoms with E-state index in [1.165, 1.54) is 6.42 Å². The van der Waals surface area contributed by atoms with Gasteiger partial charge in [0.15, 0.2) is 0 Å². The molecule has 4 heteroatoms. The maximum absolute atomic E-state index is 12.5. The fourth-order valence-electron chi connectivity index (χ4n) is 2.81. The van der Waals surface area contributed by atoms with Gasteiger partial charge in [0, 0.05) is 18.5 Å². The third-order valence-corrected chi connectivity index (χ3v) is 4.09. The van der Waals surface area contributed by atoms with Crippen molar-refractivity contribution >= 4 is 5.91 Å². The van der Waals surface area contributed by atoms with Crippen LogP contribution < -0.4 is 5.73 Å². The van der Waals surface area contributed by atoms with Crippen LogP contribution in [0.15, 0.2) is 0 Å². The number of carbonyl (C=O) groups is 1. The molecule has 19 heavy (non-hydrogen) atoms.